The van der Waals surface area contributed by atoms with Crippen molar-refractivity contribution in [2.45, 2.75) is 38.2 Å². The summed E-state index contributed by atoms with van der Waals surface area (Å²) in [5.74, 6) is 0. The monoisotopic (exact) mass is 112 g/mol. The lowest BCUT2D eigenvalue weighted by molar-refractivity contribution is 0.176. The van der Waals surface area contributed by atoms with Crippen LogP contribution in [0.25, 0.3) is 0 Å². The van der Waals surface area contributed by atoms with Gasteiger partial charge < -0.3 is 5.11 Å². The maximum atomic E-state index is 9.10. The fourth-order valence-corrected chi connectivity index (χ4v) is 1.81. The Morgan fingerprint density at radius 2 is 2.00 bits per heavy atom. The van der Waals surface area contributed by atoms with Gasteiger partial charge in [0.15, 0.2) is 0 Å². The molecule has 0 heterocycles. The molecule has 0 amide bonds. The van der Waals surface area contributed by atoms with E-state index in [0.29, 0.717) is 5.41 Å². The molecule has 0 radical (unpaired) electrons. The maximum Gasteiger partial charge on any atom is 0.0545 e. The molecule has 0 aromatic carbocycles. The molecule has 0 aromatic rings. The fourth-order valence-electron chi connectivity index (χ4n) is 1.81. The molecule has 0 aliphatic heterocycles. The van der Waals surface area contributed by atoms with Crippen LogP contribution in [0.15, 0.2) is 0 Å². The Balaban J connectivity index is 2.03. The summed E-state index contributed by atoms with van der Waals surface area (Å²) >= 11 is 0. The summed E-state index contributed by atoms with van der Waals surface area (Å²) in [4.78, 5) is 0. The Morgan fingerprint density at radius 3 is 2.25 bits per heavy atom. The Labute approximate surface area is 49.7 Å². The highest BCUT2D eigenvalue weighted by atomic mass is 16.3. The van der Waals surface area contributed by atoms with Crippen molar-refractivity contribution in [2.24, 2.45) is 5.41 Å². The van der Waals surface area contributed by atoms with Crippen LogP contribution in [0.2, 0.25) is 0 Å². The minimum atomic E-state index is 0.0532. The van der Waals surface area contributed by atoms with Crippen LogP contribution in [-0.2, 0) is 0 Å². The first-order valence-corrected chi connectivity index (χ1v) is 3.49. The molecule has 1 unspecified atom stereocenters. The summed E-state index contributed by atoms with van der Waals surface area (Å²) < 4.78 is 0. The molecule has 46 valence electrons. The van der Waals surface area contributed by atoms with Crippen LogP contribution in [0.5, 0.6) is 0 Å². The Kier molecular flexibility index (Phi) is 0.762. The molecule has 2 aliphatic carbocycles. The van der Waals surface area contributed by atoms with Gasteiger partial charge in [0.1, 0.15) is 0 Å². The summed E-state index contributed by atoms with van der Waals surface area (Å²) in [5, 5.41) is 9.10. The smallest absolute Gasteiger partial charge is 0.0545 e. The second kappa shape index (κ2) is 1.27. The van der Waals surface area contributed by atoms with E-state index in [1.165, 1.54) is 19.3 Å². The molecule has 8 heavy (non-hydrogen) atoms. The third kappa shape index (κ3) is 0.576. The van der Waals surface area contributed by atoms with Crippen molar-refractivity contribution >= 4 is 0 Å². The van der Waals surface area contributed by atoms with E-state index in [1.54, 1.807) is 0 Å². The van der Waals surface area contributed by atoms with E-state index in [9.17, 15) is 0 Å². The quantitative estimate of drug-likeness (QED) is 0.501. The van der Waals surface area contributed by atoms with E-state index < -0.39 is 0 Å². The van der Waals surface area contributed by atoms with Crippen LogP contribution in [-0.4, -0.2) is 11.2 Å². The normalized spacial score (nSPS) is 40.9. The van der Waals surface area contributed by atoms with Crippen molar-refractivity contribution < 1.29 is 5.11 Å². The van der Waals surface area contributed by atoms with E-state index >= 15 is 0 Å². The van der Waals surface area contributed by atoms with Gasteiger partial charge in [-0.2, -0.15) is 0 Å². The van der Waals surface area contributed by atoms with Crippen LogP contribution in [0, 0.1) is 5.41 Å². The molecule has 1 N–H and O–H groups in total. The lowest BCUT2D eigenvalue weighted by Gasteiger charge is -2.00. The molecule has 2 saturated carbocycles. The number of aliphatic hydroxyl groups excluding tert-OH is 1. The second-order valence-corrected chi connectivity index (χ2v) is 3.40. The predicted octanol–water partition coefficient (Wildman–Crippen LogP) is 1.31. The largest absolute Gasteiger partial charge is 0.393 e. The van der Waals surface area contributed by atoms with Gasteiger partial charge in [0.2, 0.25) is 0 Å². The average molecular weight is 112 g/mol. The molecule has 1 nitrogen and oxygen atoms in total. The number of hydrogen-bond donors (Lipinski definition) is 1. The van der Waals surface area contributed by atoms with Gasteiger partial charge in [0.25, 0.3) is 0 Å². The lowest BCUT2D eigenvalue weighted by atomic mass is 10.1. The predicted molar refractivity (Wildman–Crippen MR) is 31.5 cm³/mol. The molecule has 2 rings (SSSR count). The zero-order chi connectivity index (χ0) is 5.61. The first kappa shape index (κ1) is 4.80. The Bertz CT molecular complexity index is 105. The van der Waals surface area contributed by atoms with Crippen LogP contribution in [0.4, 0.5) is 0 Å². The summed E-state index contributed by atoms with van der Waals surface area (Å²) in [6.45, 7) is 0. The van der Waals surface area contributed by atoms with Gasteiger partial charge in [-0.05, 0) is 37.5 Å². The van der Waals surface area contributed by atoms with Crippen molar-refractivity contribution in [2.75, 3.05) is 0 Å². The van der Waals surface area contributed by atoms with Crippen molar-refractivity contribution in [3.8, 4) is 0 Å². The van der Waals surface area contributed by atoms with Crippen molar-refractivity contribution in [1.29, 1.82) is 0 Å². The van der Waals surface area contributed by atoms with Crippen molar-refractivity contribution in [3.63, 3.8) is 0 Å². The molecule has 1 spiro atoms. The van der Waals surface area contributed by atoms with Crippen LogP contribution >= 0.6 is 0 Å². The van der Waals surface area contributed by atoms with Gasteiger partial charge in [-0.25, -0.2) is 0 Å². The minimum absolute atomic E-state index is 0.0532. The molecule has 0 bridgehead atoms. The number of hydrogen-bond acceptors (Lipinski definition) is 1. The number of rotatable bonds is 0. The molecular formula is C7H12O. The molecule has 0 aromatic heterocycles. The standard InChI is InChI=1S/C7H12O/c8-6-1-2-7(5-6)3-4-7/h6,8H,1-5H2. The van der Waals surface area contributed by atoms with Crippen LogP contribution < -0.4 is 0 Å². The summed E-state index contributed by atoms with van der Waals surface area (Å²) in [6, 6.07) is 0. The number of aliphatic hydroxyl groups is 1. The van der Waals surface area contributed by atoms with Crippen LogP contribution in [0.3, 0.4) is 0 Å². The molecule has 0 saturated heterocycles. The van der Waals surface area contributed by atoms with Gasteiger partial charge in [0, 0.05) is 0 Å². The second-order valence-electron chi connectivity index (χ2n) is 3.40. The maximum absolute atomic E-state index is 9.10. The first-order chi connectivity index (χ1) is 3.81. The van der Waals surface area contributed by atoms with Crippen molar-refractivity contribution in [1.82, 2.24) is 0 Å². The van der Waals surface area contributed by atoms with Crippen molar-refractivity contribution in [3.05, 3.63) is 0 Å². The molecule has 1 heteroatoms. The molecule has 2 aliphatic rings. The van der Waals surface area contributed by atoms with Gasteiger partial charge in [-0.15, -0.1) is 0 Å². The van der Waals surface area contributed by atoms with E-state index in [2.05, 4.69) is 0 Å². The molecular weight excluding hydrogens is 100 g/mol. The summed E-state index contributed by atoms with van der Waals surface area (Å²) in [7, 11) is 0. The SMILES string of the molecule is OC1CCC2(CC2)C1. The zero-order valence-electron chi connectivity index (χ0n) is 5.06. The first-order valence-electron chi connectivity index (χ1n) is 3.49. The lowest BCUT2D eigenvalue weighted by Crippen LogP contribution is -1.99. The molecule has 1 atom stereocenters. The van der Waals surface area contributed by atoms with Gasteiger partial charge >= 0.3 is 0 Å². The highest BCUT2D eigenvalue weighted by molar-refractivity contribution is 4.99. The highest BCUT2D eigenvalue weighted by Gasteiger charge is 2.47. The summed E-state index contributed by atoms with van der Waals surface area (Å²) in [5.41, 5.74) is 0.666. The highest BCUT2D eigenvalue weighted by Crippen LogP contribution is 2.57. The van der Waals surface area contributed by atoms with E-state index in [1.807, 2.05) is 0 Å². The van der Waals surface area contributed by atoms with Gasteiger partial charge in [-0.3, -0.25) is 0 Å². The summed E-state index contributed by atoms with van der Waals surface area (Å²) in [6.07, 6.45) is 6.31. The van der Waals surface area contributed by atoms with E-state index in [-0.39, 0.29) is 6.10 Å². The van der Waals surface area contributed by atoms with E-state index in [4.69, 9.17) is 5.11 Å². The average Bonchev–Trinajstić information content (AvgIpc) is 2.34. The Morgan fingerprint density at radius 1 is 1.25 bits per heavy atom. The Hall–Kier alpha value is -0.0400. The van der Waals surface area contributed by atoms with Gasteiger partial charge in [0.05, 0.1) is 6.10 Å². The fraction of sp³-hybridized carbons (Fsp3) is 1.00. The van der Waals surface area contributed by atoms with Gasteiger partial charge in [-0.1, -0.05) is 0 Å². The third-order valence-corrected chi connectivity index (χ3v) is 2.63. The van der Waals surface area contributed by atoms with E-state index in [0.717, 1.165) is 12.8 Å². The minimum Gasteiger partial charge on any atom is -0.393 e. The zero-order valence-corrected chi connectivity index (χ0v) is 5.06. The topological polar surface area (TPSA) is 20.2 Å². The third-order valence-electron chi connectivity index (χ3n) is 2.63. The molecule has 2 fully saturated rings. The van der Waals surface area contributed by atoms with Crippen LogP contribution in [0.1, 0.15) is 32.1 Å².